The highest BCUT2D eigenvalue weighted by Crippen LogP contribution is 2.78. The number of carbonyl (C=O) groups is 5. The van der Waals surface area contributed by atoms with Gasteiger partial charge in [0.05, 0.1) is 11.0 Å². The van der Waals surface area contributed by atoms with Crippen molar-refractivity contribution in [1.29, 1.82) is 0 Å². The largest absolute Gasteiger partial charge is 0.457 e. The number of benzene rings is 1. The average Bonchev–Trinajstić information content (AvgIpc) is 3.78. The number of carbonyl (C=O) groups excluding carboxylic acids is 5. The minimum Gasteiger partial charge on any atom is -0.457 e. The average molecular weight is 602 g/mol. The summed E-state index contributed by atoms with van der Waals surface area (Å²) in [5.74, 6) is -1.86. The topological polar surface area (TPSA) is 192 Å². The van der Waals surface area contributed by atoms with Gasteiger partial charge >= 0.3 is 5.97 Å². The first-order chi connectivity index (χ1) is 20.2. The van der Waals surface area contributed by atoms with Crippen LogP contribution in [0.3, 0.4) is 0 Å². The zero-order chi connectivity index (χ0) is 32.0. The van der Waals surface area contributed by atoms with Gasteiger partial charge in [0.2, 0.25) is 30.4 Å². The summed E-state index contributed by atoms with van der Waals surface area (Å²) in [7, 11) is 0. The van der Waals surface area contributed by atoms with E-state index in [0.29, 0.717) is 31.4 Å². The Labute approximate surface area is 253 Å². The van der Waals surface area contributed by atoms with Crippen LogP contribution in [0.1, 0.15) is 85.1 Å². The quantitative estimate of drug-likeness (QED) is 0.0951. The fourth-order valence-corrected chi connectivity index (χ4v) is 5.08. The number of ether oxygens (including phenoxy) is 2. The van der Waals surface area contributed by atoms with Crippen molar-refractivity contribution >= 4 is 29.6 Å². The van der Waals surface area contributed by atoms with E-state index in [-0.39, 0.29) is 37.4 Å². The molecule has 2 saturated carbocycles. The third-order valence-corrected chi connectivity index (χ3v) is 8.46. The lowest BCUT2D eigenvalue weighted by Crippen LogP contribution is -2.57. The molecule has 0 aliphatic heterocycles. The number of nitrogens with two attached hydrogens (primary N) is 2. The number of hydrogen-bond donors (Lipinski definition) is 5. The third-order valence-electron chi connectivity index (χ3n) is 8.46. The molecule has 238 valence electrons. The van der Waals surface area contributed by atoms with E-state index in [0.717, 1.165) is 18.4 Å². The molecule has 2 aliphatic rings. The van der Waals surface area contributed by atoms with E-state index < -0.39 is 46.4 Å². The van der Waals surface area contributed by atoms with Crippen molar-refractivity contribution in [3.8, 4) is 5.75 Å². The number of unbranched alkanes of at least 4 members (excludes halogenated alkanes) is 2. The van der Waals surface area contributed by atoms with Crippen LogP contribution in [-0.2, 0) is 35.1 Å². The van der Waals surface area contributed by atoms with Crippen molar-refractivity contribution in [2.24, 2.45) is 22.8 Å². The Morgan fingerprint density at radius 3 is 2.19 bits per heavy atom. The summed E-state index contributed by atoms with van der Waals surface area (Å²) in [5.41, 5.74) is 9.57. The first-order valence-electron chi connectivity index (χ1n) is 15.1. The molecule has 0 aromatic heterocycles. The fourth-order valence-electron chi connectivity index (χ4n) is 5.08. The van der Waals surface area contributed by atoms with Crippen molar-refractivity contribution in [3.05, 3.63) is 29.8 Å². The van der Waals surface area contributed by atoms with Crippen molar-refractivity contribution < 1.29 is 33.4 Å². The Morgan fingerprint density at radius 2 is 1.65 bits per heavy atom. The van der Waals surface area contributed by atoms with Crippen LogP contribution in [0.2, 0.25) is 0 Å². The molecule has 43 heavy (non-hydrogen) atoms. The van der Waals surface area contributed by atoms with Gasteiger partial charge in [-0.15, -0.1) is 0 Å². The van der Waals surface area contributed by atoms with E-state index in [1.807, 2.05) is 20.8 Å². The second-order valence-electron chi connectivity index (χ2n) is 12.6. The molecule has 0 spiro atoms. The van der Waals surface area contributed by atoms with Gasteiger partial charge in [-0.1, -0.05) is 52.2 Å². The monoisotopic (exact) mass is 601 g/mol. The Kier molecular flexibility index (Phi) is 10.8. The van der Waals surface area contributed by atoms with Crippen LogP contribution in [-0.4, -0.2) is 59.6 Å². The number of primary amides is 1. The Balaban J connectivity index is 1.67. The maximum atomic E-state index is 13.6. The van der Waals surface area contributed by atoms with Gasteiger partial charge < -0.3 is 36.9 Å². The molecule has 1 aromatic rings. The maximum absolute atomic E-state index is 13.6. The van der Waals surface area contributed by atoms with E-state index in [9.17, 15) is 24.0 Å². The fraction of sp³-hybridized carbons (Fsp3) is 0.645. The molecule has 12 heteroatoms. The lowest BCUT2D eigenvalue weighted by atomic mass is 9.97. The van der Waals surface area contributed by atoms with E-state index in [1.54, 1.807) is 24.3 Å². The smallest absolute Gasteiger partial charge is 0.328 e. The molecule has 2 fully saturated rings. The summed E-state index contributed by atoms with van der Waals surface area (Å²) >= 11 is 0. The second kappa shape index (κ2) is 13.7. The summed E-state index contributed by atoms with van der Waals surface area (Å²) < 4.78 is 10.5. The number of hydrogen-bond acceptors (Lipinski definition) is 8. The number of esters is 1. The van der Waals surface area contributed by atoms with Crippen molar-refractivity contribution in [1.82, 2.24) is 16.0 Å². The van der Waals surface area contributed by atoms with Crippen LogP contribution >= 0.6 is 0 Å². The second-order valence-corrected chi connectivity index (χ2v) is 12.6. The third kappa shape index (κ3) is 8.46. The molecule has 3 unspecified atom stereocenters. The molecular formula is C31H47N5O7. The summed E-state index contributed by atoms with van der Waals surface area (Å²) in [5, 5.41) is 8.67. The number of fused-ring (bicyclic) bond motifs is 1. The van der Waals surface area contributed by atoms with Gasteiger partial charge in [-0.25, -0.2) is 4.79 Å². The molecule has 2 aliphatic carbocycles. The zero-order valence-corrected chi connectivity index (χ0v) is 25.9. The van der Waals surface area contributed by atoms with Gasteiger partial charge in [-0.3, -0.25) is 19.2 Å². The number of nitrogens with one attached hydrogen (secondary N) is 3. The van der Waals surface area contributed by atoms with Gasteiger partial charge in [0.25, 0.3) is 0 Å². The molecule has 3 rings (SSSR count). The van der Waals surface area contributed by atoms with Crippen molar-refractivity contribution in [2.75, 3.05) is 6.79 Å². The first kappa shape index (κ1) is 33.8. The van der Waals surface area contributed by atoms with Crippen LogP contribution in [0.25, 0.3) is 0 Å². The molecule has 3 atom stereocenters. The van der Waals surface area contributed by atoms with E-state index in [2.05, 4.69) is 16.0 Å². The van der Waals surface area contributed by atoms with Gasteiger partial charge in [0, 0.05) is 12.8 Å². The molecular weight excluding hydrogens is 554 g/mol. The lowest BCUT2D eigenvalue weighted by molar-refractivity contribution is -0.155. The number of amides is 4. The maximum Gasteiger partial charge on any atom is 0.328 e. The van der Waals surface area contributed by atoms with Crippen LogP contribution in [0, 0.1) is 11.3 Å². The molecule has 0 bridgehead atoms. The van der Waals surface area contributed by atoms with Gasteiger partial charge in [0.15, 0.2) is 0 Å². The highest BCUT2D eigenvalue weighted by atomic mass is 16.7. The van der Waals surface area contributed by atoms with Crippen LogP contribution in [0.5, 0.6) is 5.75 Å². The normalized spacial score (nSPS) is 22.2. The van der Waals surface area contributed by atoms with E-state index >= 15 is 0 Å². The van der Waals surface area contributed by atoms with Gasteiger partial charge in [0.1, 0.15) is 23.4 Å². The Hall–Kier alpha value is -3.67. The molecule has 0 heterocycles. The molecule has 0 saturated heterocycles. The number of rotatable bonds is 18. The minimum atomic E-state index is -1.14. The summed E-state index contributed by atoms with van der Waals surface area (Å²) in [6, 6.07) is 5.04. The highest BCUT2D eigenvalue weighted by molar-refractivity contribution is 5.97. The Bertz CT molecular complexity index is 1190. The molecule has 4 amide bonds. The Morgan fingerprint density at radius 1 is 1.00 bits per heavy atom. The minimum absolute atomic E-state index is 0.172. The molecule has 0 radical (unpaired) electrons. The van der Waals surface area contributed by atoms with Crippen LogP contribution in [0.15, 0.2) is 24.3 Å². The molecule has 12 nitrogen and oxygen atoms in total. The van der Waals surface area contributed by atoms with E-state index in [4.69, 9.17) is 20.9 Å². The lowest BCUT2D eigenvalue weighted by Gasteiger charge is -2.27. The van der Waals surface area contributed by atoms with Gasteiger partial charge in [-0.2, -0.15) is 0 Å². The zero-order valence-electron chi connectivity index (χ0n) is 25.9. The molecule has 1 aromatic carbocycles. The van der Waals surface area contributed by atoms with Gasteiger partial charge in [-0.05, 0) is 56.7 Å². The predicted octanol–water partition coefficient (Wildman–Crippen LogP) is 1.58. The standard InChI is InChI=1S/C31H47N5O7/c1-6-8-9-10-23(37)34-22(15-20-11-13-21(14-12-20)42-18-43-28(41)29(4,5)33)25(38)35-24(19(3)7-2)26(39)36-31-16-30(31,17-31)27(32)40/h11-14,19,22,24H,6-10,15-18,33H2,1-5H3,(H2,32,40)(H,34,37)(H,35,38)(H,36,39). The first-order valence-corrected chi connectivity index (χ1v) is 15.1. The van der Waals surface area contributed by atoms with E-state index in [1.165, 1.54) is 13.8 Å². The van der Waals surface area contributed by atoms with Crippen molar-refractivity contribution in [3.63, 3.8) is 0 Å². The summed E-state index contributed by atoms with van der Waals surface area (Å²) in [4.78, 5) is 63.2. The summed E-state index contributed by atoms with van der Waals surface area (Å²) in [6.45, 7) is 8.59. The predicted molar refractivity (Wildman–Crippen MR) is 159 cm³/mol. The van der Waals surface area contributed by atoms with Crippen LogP contribution in [0.4, 0.5) is 0 Å². The highest BCUT2D eigenvalue weighted by Gasteiger charge is 2.87. The SMILES string of the molecule is CCCCCC(=O)NC(Cc1ccc(OCOC(=O)C(C)(C)N)cc1)C(=O)NC(C(=O)NC12CC1(C(N)=O)C2)C(C)CC. The molecule has 7 N–H and O–H groups in total. The van der Waals surface area contributed by atoms with Crippen LogP contribution < -0.4 is 32.2 Å². The van der Waals surface area contributed by atoms with Crippen molar-refractivity contribution in [2.45, 2.75) is 109 Å². The summed E-state index contributed by atoms with van der Waals surface area (Å²) in [6.07, 6.45) is 4.68.